The van der Waals surface area contributed by atoms with Gasteiger partial charge in [-0.3, -0.25) is 9.88 Å². The van der Waals surface area contributed by atoms with Crippen molar-refractivity contribution in [3.8, 4) is 16.6 Å². The molecule has 0 radical (unpaired) electrons. The van der Waals surface area contributed by atoms with Crippen LogP contribution in [0.25, 0.3) is 10.6 Å². The maximum absolute atomic E-state index is 9.02. The molecule has 3 aromatic rings. The van der Waals surface area contributed by atoms with Crippen LogP contribution in [-0.2, 0) is 6.54 Å². The van der Waals surface area contributed by atoms with Crippen molar-refractivity contribution in [1.29, 1.82) is 0 Å². The normalized spacial score (nSPS) is 12.2. The third-order valence-electron chi connectivity index (χ3n) is 5.21. The Hall–Kier alpha value is -2.69. The summed E-state index contributed by atoms with van der Waals surface area (Å²) in [4.78, 5) is 25.4. The van der Waals surface area contributed by atoms with Gasteiger partial charge in [-0.25, -0.2) is 15.0 Å². The van der Waals surface area contributed by atoms with Crippen LogP contribution >= 0.6 is 11.3 Å². The van der Waals surface area contributed by atoms with E-state index < -0.39 is 0 Å². The van der Waals surface area contributed by atoms with Crippen LogP contribution in [0.4, 0.5) is 10.9 Å². The van der Waals surface area contributed by atoms with E-state index >= 15 is 0 Å². The van der Waals surface area contributed by atoms with Crippen LogP contribution in [0.3, 0.4) is 0 Å². The van der Waals surface area contributed by atoms with Gasteiger partial charge in [0.15, 0.2) is 10.9 Å². The van der Waals surface area contributed by atoms with Gasteiger partial charge in [0.2, 0.25) is 0 Å². The molecule has 0 spiro atoms. The van der Waals surface area contributed by atoms with Gasteiger partial charge in [-0.05, 0) is 32.9 Å². The van der Waals surface area contributed by atoms with Crippen molar-refractivity contribution in [3.63, 3.8) is 0 Å². The van der Waals surface area contributed by atoms with Crippen molar-refractivity contribution < 1.29 is 9.84 Å². The second-order valence-electron chi connectivity index (χ2n) is 8.36. The maximum Gasteiger partial charge on any atom is 0.317 e. The standard InChI is InChI=1S/C24H35N7O2S/c1-5-7-9-19(8-6-2)33-23-28-17(3)12-20(29-23)21-14-27-24(34-21)30-22-15-25-18(13-26-22)16-31(4)10-11-32/h12-15,19,32H,5-11,16H2,1-4H3,(H,26,27,30). The summed E-state index contributed by atoms with van der Waals surface area (Å²) in [6.07, 6.45) is 10.7. The highest BCUT2D eigenvalue weighted by atomic mass is 32.1. The molecule has 0 bridgehead atoms. The highest BCUT2D eigenvalue weighted by Crippen LogP contribution is 2.30. The molecule has 184 valence electrons. The van der Waals surface area contributed by atoms with Gasteiger partial charge in [0.1, 0.15) is 6.10 Å². The molecule has 0 aliphatic rings. The van der Waals surface area contributed by atoms with E-state index in [1.807, 2.05) is 24.9 Å². The Labute approximate surface area is 205 Å². The predicted octanol–water partition coefficient (Wildman–Crippen LogP) is 4.60. The summed E-state index contributed by atoms with van der Waals surface area (Å²) in [5.41, 5.74) is 2.50. The van der Waals surface area contributed by atoms with E-state index in [4.69, 9.17) is 9.84 Å². The summed E-state index contributed by atoms with van der Waals surface area (Å²) in [7, 11) is 1.93. The van der Waals surface area contributed by atoms with Crippen molar-refractivity contribution in [2.45, 2.75) is 65.5 Å². The smallest absolute Gasteiger partial charge is 0.317 e. The van der Waals surface area contributed by atoms with E-state index in [9.17, 15) is 0 Å². The first-order chi connectivity index (χ1) is 16.5. The highest BCUT2D eigenvalue weighted by Gasteiger charge is 2.14. The molecular formula is C24H35N7O2S. The van der Waals surface area contributed by atoms with Gasteiger partial charge in [0.25, 0.3) is 0 Å². The monoisotopic (exact) mass is 485 g/mol. The SMILES string of the molecule is CCCCC(CCC)Oc1nc(C)cc(-c2cnc(Nc3cnc(CN(C)CCO)cn3)s2)n1. The molecule has 1 atom stereocenters. The van der Waals surface area contributed by atoms with Gasteiger partial charge < -0.3 is 15.2 Å². The van der Waals surface area contributed by atoms with Gasteiger partial charge in [-0.15, -0.1) is 0 Å². The number of hydrogen-bond donors (Lipinski definition) is 2. The van der Waals surface area contributed by atoms with Crippen LogP contribution in [0.15, 0.2) is 24.7 Å². The topological polar surface area (TPSA) is 109 Å². The van der Waals surface area contributed by atoms with Crippen molar-refractivity contribution in [2.75, 3.05) is 25.5 Å². The fourth-order valence-electron chi connectivity index (χ4n) is 3.47. The molecule has 9 nitrogen and oxygen atoms in total. The molecule has 3 aromatic heterocycles. The number of rotatable bonds is 14. The lowest BCUT2D eigenvalue weighted by molar-refractivity contribution is 0.161. The van der Waals surface area contributed by atoms with Crippen molar-refractivity contribution >= 4 is 22.3 Å². The number of aryl methyl sites for hydroxylation is 1. The lowest BCUT2D eigenvalue weighted by atomic mass is 10.1. The molecule has 0 aromatic carbocycles. The average molecular weight is 486 g/mol. The number of unbranched alkanes of at least 4 members (excludes halogenated alkanes) is 1. The number of aliphatic hydroxyl groups excluding tert-OH is 1. The highest BCUT2D eigenvalue weighted by molar-refractivity contribution is 7.18. The van der Waals surface area contributed by atoms with Crippen LogP contribution in [0.1, 0.15) is 57.3 Å². The second kappa shape index (κ2) is 13.3. The molecule has 3 heterocycles. The first-order valence-corrected chi connectivity index (χ1v) is 12.7. The fourth-order valence-corrected chi connectivity index (χ4v) is 4.26. The van der Waals surface area contributed by atoms with E-state index in [0.717, 1.165) is 54.1 Å². The number of ether oxygens (including phenoxy) is 1. The molecule has 0 aliphatic carbocycles. The van der Waals surface area contributed by atoms with E-state index in [1.165, 1.54) is 11.3 Å². The van der Waals surface area contributed by atoms with Crippen LogP contribution < -0.4 is 10.1 Å². The van der Waals surface area contributed by atoms with Gasteiger partial charge in [-0.2, -0.15) is 4.98 Å². The number of hydrogen-bond acceptors (Lipinski definition) is 10. The summed E-state index contributed by atoms with van der Waals surface area (Å²) in [5, 5.41) is 12.9. The fraction of sp³-hybridized carbons (Fsp3) is 0.542. The number of likely N-dealkylation sites (N-methyl/N-ethyl adjacent to an activating group) is 1. The molecule has 10 heteroatoms. The Kier molecular flexibility index (Phi) is 10.1. The molecule has 0 saturated heterocycles. The average Bonchev–Trinajstić information content (AvgIpc) is 3.27. The zero-order valence-electron chi connectivity index (χ0n) is 20.5. The number of nitrogens with zero attached hydrogens (tertiary/aromatic N) is 6. The molecule has 1 unspecified atom stereocenters. The summed E-state index contributed by atoms with van der Waals surface area (Å²) in [6.45, 7) is 7.66. The molecule has 34 heavy (non-hydrogen) atoms. The minimum absolute atomic E-state index is 0.119. The predicted molar refractivity (Wildman–Crippen MR) is 135 cm³/mol. The quantitative estimate of drug-likeness (QED) is 0.338. The number of nitrogens with one attached hydrogen (secondary N) is 1. The number of aliphatic hydroxyl groups is 1. The molecule has 0 fully saturated rings. The zero-order chi connectivity index (χ0) is 24.3. The van der Waals surface area contributed by atoms with E-state index in [1.54, 1.807) is 18.6 Å². The van der Waals surface area contributed by atoms with Crippen LogP contribution in [0.5, 0.6) is 6.01 Å². The number of anilines is 2. The Bertz CT molecular complexity index is 1010. The molecule has 0 saturated carbocycles. The summed E-state index contributed by atoms with van der Waals surface area (Å²) >= 11 is 1.49. The van der Waals surface area contributed by atoms with Crippen molar-refractivity contribution in [2.24, 2.45) is 0 Å². The van der Waals surface area contributed by atoms with Gasteiger partial charge in [0.05, 0.1) is 35.3 Å². The Morgan fingerprint density at radius 2 is 1.94 bits per heavy atom. The van der Waals surface area contributed by atoms with Crippen molar-refractivity contribution in [1.82, 2.24) is 29.8 Å². The minimum Gasteiger partial charge on any atom is -0.460 e. The number of aromatic nitrogens is 5. The van der Waals surface area contributed by atoms with Gasteiger partial charge in [0, 0.05) is 25.0 Å². The van der Waals surface area contributed by atoms with E-state index in [0.29, 0.717) is 30.0 Å². The second-order valence-corrected chi connectivity index (χ2v) is 9.39. The van der Waals surface area contributed by atoms with Gasteiger partial charge >= 0.3 is 6.01 Å². The Balaban J connectivity index is 1.67. The first-order valence-electron chi connectivity index (χ1n) is 11.9. The minimum atomic E-state index is 0.119. The summed E-state index contributed by atoms with van der Waals surface area (Å²) in [6, 6.07) is 2.38. The largest absolute Gasteiger partial charge is 0.460 e. The van der Waals surface area contributed by atoms with Crippen LogP contribution in [0, 0.1) is 6.92 Å². The van der Waals surface area contributed by atoms with Crippen LogP contribution in [-0.4, -0.2) is 61.2 Å². The maximum atomic E-state index is 9.02. The first kappa shape index (κ1) is 25.9. The molecule has 0 aliphatic heterocycles. The number of thiazole rings is 1. The summed E-state index contributed by atoms with van der Waals surface area (Å²) in [5.74, 6) is 0.621. The Morgan fingerprint density at radius 1 is 1.09 bits per heavy atom. The van der Waals surface area contributed by atoms with Crippen molar-refractivity contribution in [3.05, 3.63) is 36.0 Å². The van der Waals surface area contributed by atoms with E-state index in [2.05, 4.69) is 44.1 Å². The third kappa shape index (κ3) is 7.96. The lowest BCUT2D eigenvalue weighted by Gasteiger charge is -2.17. The molecular weight excluding hydrogens is 450 g/mol. The van der Waals surface area contributed by atoms with E-state index in [-0.39, 0.29) is 12.7 Å². The third-order valence-corrected chi connectivity index (χ3v) is 6.14. The molecule has 3 rings (SSSR count). The van der Waals surface area contributed by atoms with Crippen LogP contribution in [0.2, 0.25) is 0 Å². The molecule has 0 amide bonds. The van der Waals surface area contributed by atoms with Gasteiger partial charge in [-0.1, -0.05) is 44.4 Å². The Morgan fingerprint density at radius 3 is 2.65 bits per heavy atom. The molecule has 2 N–H and O–H groups in total. The zero-order valence-corrected chi connectivity index (χ0v) is 21.3. The summed E-state index contributed by atoms with van der Waals surface area (Å²) < 4.78 is 6.17. The lowest BCUT2D eigenvalue weighted by Crippen LogP contribution is -2.22.